The minimum absolute atomic E-state index is 0.906. The third-order valence-electron chi connectivity index (χ3n) is 0.169. The van der Waals surface area contributed by atoms with E-state index >= 15 is 0 Å². The third kappa shape index (κ3) is 6.22. The molecule has 0 aliphatic carbocycles. The van der Waals surface area contributed by atoms with Crippen molar-refractivity contribution < 1.29 is 12.7 Å². The van der Waals surface area contributed by atoms with Gasteiger partial charge in [-0.3, -0.25) is 0 Å². The SMILES string of the molecule is CS(=O)(=O)[N+]OS. The summed E-state index contributed by atoms with van der Waals surface area (Å²) in [5.41, 5.74) is 0. The molecule has 0 aliphatic rings. The molecule has 0 bridgehead atoms. The summed E-state index contributed by atoms with van der Waals surface area (Å²) in [7, 11) is -3.35. The summed E-state index contributed by atoms with van der Waals surface area (Å²) in [6.45, 7) is 0. The van der Waals surface area contributed by atoms with Gasteiger partial charge in [0.2, 0.25) is 0 Å². The summed E-state index contributed by atoms with van der Waals surface area (Å²) in [5.74, 6) is 0. The zero-order chi connectivity index (χ0) is 5.91. The Kier molecular flexibility index (Phi) is 2.59. The smallest absolute Gasteiger partial charge is 0.158 e. The van der Waals surface area contributed by atoms with E-state index < -0.39 is 10.0 Å². The van der Waals surface area contributed by atoms with Crippen molar-refractivity contribution in [2.45, 2.75) is 0 Å². The second kappa shape index (κ2) is 2.51. The second-order valence-electron chi connectivity index (χ2n) is 0.889. The fourth-order valence-corrected chi connectivity index (χ4v) is 0.545. The normalized spacial score (nSPS) is 11.7. The molecule has 0 aromatic carbocycles. The van der Waals surface area contributed by atoms with E-state index in [9.17, 15) is 8.42 Å². The lowest BCUT2D eigenvalue weighted by atomic mass is 12.0. The average molecular weight is 142 g/mol. The molecule has 4 nitrogen and oxygen atoms in total. The highest BCUT2D eigenvalue weighted by Gasteiger charge is 2.19. The molecule has 0 unspecified atom stereocenters. The maximum absolute atomic E-state index is 9.89. The van der Waals surface area contributed by atoms with Gasteiger partial charge in [0.15, 0.2) is 0 Å². The zero-order valence-electron chi connectivity index (χ0n) is 3.53. The molecule has 0 rings (SSSR count). The zero-order valence-corrected chi connectivity index (χ0v) is 5.24. The van der Waals surface area contributed by atoms with Crippen LogP contribution >= 0.6 is 12.9 Å². The minimum Gasteiger partial charge on any atom is -0.158 e. The van der Waals surface area contributed by atoms with Crippen LogP contribution in [0.15, 0.2) is 0 Å². The summed E-state index contributed by atoms with van der Waals surface area (Å²) in [5, 5.41) is 0. The molecular weight excluding hydrogens is 138 g/mol. The van der Waals surface area contributed by atoms with Crippen molar-refractivity contribution in [3.05, 3.63) is 0 Å². The molecule has 0 aromatic rings. The summed E-state index contributed by atoms with van der Waals surface area (Å²) in [6, 6.07) is 0. The Morgan fingerprint density at radius 1 is 1.71 bits per heavy atom. The predicted molar refractivity (Wildman–Crippen MR) is 27.0 cm³/mol. The first kappa shape index (κ1) is 7.22. The Labute approximate surface area is 47.5 Å². The van der Waals surface area contributed by atoms with Gasteiger partial charge in [0.1, 0.15) is 6.26 Å². The lowest BCUT2D eigenvalue weighted by molar-refractivity contribution is 0.319. The van der Waals surface area contributed by atoms with Crippen LogP contribution in [0.2, 0.25) is 0 Å². The van der Waals surface area contributed by atoms with Gasteiger partial charge in [-0.2, -0.15) is 8.42 Å². The van der Waals surface area contributed by atoms with Crippen LogP contribution in [0.3, 0.4) is 0 Å². The fourth-order valence-electron chi connectivity index (χ4n) is 0.0605. The highest BCUT2D eigenvalue weighted by molar-refractivity contribution is 7.88. The predicted octanol–water partition coefficient (Wildman–Crippen LogP) is -0.673. The van der Waals surface area contributed by atoms with Crippen molar-refractivity contribution in [1.82, 2.24) is 4.89 Å². The Morgan fingerprint density at radius 2 is 2.14 bits per heavy atom. The van der Waals surface area contributed by atoms with Crippen LogP contribution in [0, 0.1) is 0 Å². The number of sulfonamides is 1. The number of rotatable bonds is 2. The molecule has 0 saturated heterocycles. The maximum Gasteiger partial charge on any atom is 0.440 e. The molecule has 0 heterocycles. The highest BCUT2D eigenvalue weighted by Crippen LogP contribution is 1.79. The molecule has 0 N–H and O–H groups in total. The van der Waals surface area contributed by atoms with E-state index in [-0.39, 0.29) is 0 Å². The second-order valence-corrected chi connectivity index (χ2v) is 2.67. The van der Waals surface area contributed by atoms with E-state index in [4.69, 9.17) is 0 Å². The molecule has 0 fully saturated rings. The van der Waals surface area contributed by atoms with Gasteiger partial charge >= 0.3 is 14.9 Å². The van der Waals surface area contributed by atoms with Crippen LogP contribution < -0.4 is 4.89 Å². The summed E-state index contributed by atoms with van der Waals surface area (Å²) in [6.07, 6.45) is 0.906. The number of nitrogens with zero attached hydrogens (tertiary/aromatic N) is 1. The Balaban J connectivity index is 3.60. The van der Waals surface area contributed by atoms with Gasteiger partial charge in [-0.25, -0.2) is 0 Å². The lowest BCUT2D eigenvalue weighted by Crippen LogP contribution is -2.09. The number of hydrogen-bond acceptors (Lipinski definition) is 4. The molecule has 0 saturated carbocycles. The molecule has 0 amide bonds. The van der Waals surface area contributed by atoms with Crippen molar-refractivity contribution in [3.8, 4) is 0 Å². The topological polar surface area (TPSA) is 57.5 Å². The summed E-state index contributed by atoms with van der Waals surface area (Å²) < 4.78 is 23.4. The van der Waals surface area contributed by atoms with Gasteiger partial charge in [-0.1, -0.05) is 0 Å². The van der Waals surface area contributed by atoms with Gasteiger partial charge in [-0.15, -0.1) is 0 Å². The first-order valence-electron chi connectivity index (χ1n) is 1.29. The van der Waals surface area contributed by atoms with E-state index in [1.54, 1.807) is 0 Å². The maximum atomic E-state index is 9.89. The van der Waals surface area contributed by atoms with Crippen LogP contribution in [-0.4, -0.2) is 14.7 Å². The van der Waals surface area contributed by atoms with Gasteiger partial charge < -0.3 is 0 Å². The van der Waals surface area contributed by atoms with E-state index in [0.29, 0.717) is 0 Å². The van der Waals surface area contributed by atoms with Crippen molar-refractivity contribution in [1.29, 1.82) is 0 Å². The van der Waals surface area contributed by atoms with Gasteiger partial charge in [-0.05, 0) is 0 Å². The fraction of sp³-hybridized carbons (Fsp3) is 1.00. The monoisotopic (exact) mass is 142 g/mol. The van der Waals surface area contributed by atoms with Crippen molar-refractivity contribution in [3.63, 3.8) is 0 Å². The summed E-state index contributed by atoms with van der Waals surface area (Å²) >= 11 is 3.07. The third-order valence-corrected chi connectivity index (χ3v) is 0.706. The standard InChI is InChI=1S/CH4NO3S2/c1-7(3,4)2-5-6/h6H,1H3/q+1. The van der Waals surface area contributed by atoms with Gasteiger partial charge in [0.25, 0.3) is 0 Å². The largest absolute Gasteiger partial charge is 0.440 e. The minimum atomic E-state index is -3.35. The van der Waals surface area contributed by atoms with Crippen LogP contribution in [0.25, 0.3) is 0 Å². The highest BCUT2D eigenvalue weighted by atomic mass is 32.2. The molecule has 2 radical (unpaired) electrons. The van der Waals surface area contributed by atoms with Crippen LogP contribution in [-0.2, 0) is 14.3 Å². The van der Waals surface area contributed by atoms with Crippen LogP contribution in [0.1, 0.15) is 0 Å². The molecule has 0 spiro atoms. The van der Waals surface area contributed by atoms with Gasteiger partial charge in [0, 0.05) is 4.28 Å². The molecule has 0 aromatic heterocycles. The van der Waals surface area contributed by atoms with Crippen molar-refractivity contribution in [2.75, 3.05) is 6.26 Å². The van der Waals surface area contributed by atoms with Crippen LogP contribution in [0.5, 0.6) is 0 Å². The Bertz CT molecular complexity index is 126. The van der Waals surface area contributed by atoms with E-state index in [1.807, 2.05) is 0 Å². The molecule has 0 atom stereocenters. The van der Waals surface area contributed by atoms with Crippen molar-refractivity contribution in [2.24, 2.45) is 0 Å². The Morgan fingerprint density at radius 3 is 2.14 bits per heavy atom. The summed E-state index contributed by atoms with van der Waals surface area (Å²) in [4.78, 5) is 2.59. The van der Waals surface area contributed by atoms with E-state index in [2.05, 4.69) is 22.1 Å². The first-order valence-corrected chi connectivity index (χ1v) is 3.50. The molecular formula is CH4NO3S2+. The molecule has 42 valence electrons. The molecule has 6 heteroatoms. The number of hydrogen-bond donors (Lipinski definition) is 1. The quantitative estimate of drug-likeness (QED) is 0.316. The van der Waals surface area contributed by atoms with E-state index in [0.717, 1.165) is 6.26 Å². The van der Waals surface area contributed by atoms with Gasteiger partial charge in [0.05, 0.1) is 12.9 Å². The Hall–Kier alpha value is 0.220. The van der Waals surface area contributed by atoms with Crippen LogP contribution in [0.4, 0.5) is 0 Å². The van der Waals surface area contributed by atoms with E-state index in [1.165, 1.54) is 0 Å². The average Bonchev–Trinajstić information content (AvgIpc) is 1.30. The molecule has 7 heavy (non-hydrogen) atoms. The number of thiol groups is 1. The first-order chi connectivity index (χ1) is 3.06. The van der Waals surface area contributed by atoms with Crippen molar-refractivity contribution >= 4 is 22.9 Å². The molecule has 0 aliphatic heterocycles. The lowest BCUT2D eigenvalue weighted by Gasteiger charge is -1.66.